The van der Waals surface area contributed by atoms with Crippen molar-refractivity contribution >= 4 is 0 Å². The van der Waals surface area contributed by atoms with Crippen LogP contribution in [-0.2, 0) is 4.74 Å². The number of fused-ring (bicyclic) bond motifs is 1. The SMILES string of the molecule is C=C1C(=C)[C@@H]2C=C[C@H]1C1C2[C@@H]2C=C[C@H]1C1COCC12. The lowest BCUT2D eigenvalue weighted by atomic mass is 9.43. The van der Waals surface area contributed by atoms with Crippen molar-refractivity contribution in [3.8, 4) is 0 Å². The number of ether oxygens (including phenoxy) is 1. The van der Waals surface area contributed by atoms with E-state index in [-0.39, 0.29) is 0 Å². The zero-order valence-corrected chi connectivity index (χ0v) is 11.2. The summed E-state index contributed by atoms with van der Waals surface area (Å²) in [5.41, 5.74) is 2.62. The summed E-state index contributed by atoms with van der Waals surface area (Å²) in [5, 5.41) is 0. The van der Waals surface area contributed by atoms with Crippen LogP contribution >= 0.6 is 0 Å². The second kappa shape index (κ2) is 3.32. The quantitative estimate of drug-likeness (QED) is 0.601. The Balaban J connectivity index is 1.67. The maximum absolute atomic E-state index is 5.82. The molecule has 6 aliphatic carbocycles. The van der Waals surface area contributed by atoms with Crippen LogP contribution in [0.4, 0.5) is 0 Å². The summed E-state index contributed by atoms with van der Waals surface area (Å²) in [6.45, 7) is 10.6. The Morgan fingerprint density at radius 2 is 1.26 bits per heavy atom. The number of allylic oxidation sites excluding steroid dienone is 6. The molecule has 7 rings (SSSR count). The maximum Gasteiger partial charge on any atom is 0.0503 e. The molecule has 1 heteroatoms. The van der Waals surface area contributed by atoms with E-state index in [0.29, 0.717) is 23.7 Å². The zero-order valence-electron chi connectivity index (χ0n) is 11.2. The van der Waals surface area contributed by atoms with Gasteiger partial charge in [-0.2, -0.15) is 0 Å². The third-order valence-corrected chi connectivity index (χ3v) is 6.62. The summed E-state index contributed by atoms with van der Waals surface area (Å²) in [4.78, 5) is 0. The molecule has 0 aromatic heterocycles. The molecule has 0 aromatic rings. The molecule has 0 aromatic carbocycles. The van der Waals surface area contributed by atoms with Crippen molar-refractivity contribution in [1.82, 2.24) is 0 Å². The van der Waals surface area contributed by atoms with Crippen molar-refractivity contribution in [2.75, 3.05) is 13.2 Å². The van der Waals surface area contributed by atoms with Crippen LogP contribution in [0.2, 0.25) is 0 Å². The average Bonchev–Trinajstić information content (AvgIpc) is 2.94. The van der Waals surface area contributed by atoms with Crippen LogP contribution in [0.25, 0.3) is 0 Å². The Labute approximate surface area is 114 Å². The van der Waals surface area contributed by atoms with E-state index in [2.05, 4.69) is 37.5 Å². The van der Waals surface area contributed by atoms with Gasteiger partial charge in [-0.25, -0.2) is 0 Å². The summed E-state index contributed by atoms with van der Waals surface area (Å²) in [6.07, 6.45) is 9.85. The Morgan fingerprint density at radius 1 is 0.789 bits per heavy atom. The lowest BCUT2D eigenvalue weighted by Crippen LogP contribution is -2.56. The highest BCUT2D eigenvalue weighted by atomic mass is 16.5. The molecule has 1 aliphatic heterocycles. The van der Waals surface area contributed by atoms with Crippen LogP contribution in [0.15, 0.2) is 48.6 Å². The first kappa shape index (κ1) is 10.7. The van der Waals surface area contributed by atoms with Gasteiger partial charge in [0.2, 0.25) is 0 Å². The monoisotopic (exact) mass is 252 g/mol. The zero-order chi connectivity index (χ0) is 12.7. The van der Waals surface area contributed by atoms with Crippen LogP contribution in [-0.4, -0.2) is 13.2 Å². The summed E-state index contributed by atoms with van der Waals surface area (Å²) in [6, 6.07) is 0. The first-order chi connectivity index (χ1) is 9.27. The molecule has 2 saturated carbocycles. The maximum atomic E-state index is 5.82. The Morgan fingerprint density at radius 3 is 1.74 bits per heavy atom. The Hall–Kier alpha value is -1.08. The summed E-state index contributed by atoms with van der Waals surface area (Å²) in [5.74, 6) is 5.59. The fourth-order valence-corrected chi connectivity index (χ4v) is 5.84. The molecule has 0 radical (unpaired) electrons. The first-order valence-electron chi connectivity index (χ1n) is 7.59. The molecule has 8 atom stereocenters. The van der Waals surface area contributed by atoms with Gasteiger partial charge in [-0.15, -0.1) is 0 Å². The predicted molar refractivity (Wildman–Crippen MR) is 75.3 cm³/mol. The summed E-state index contributed by atoms with van der Waals surface area (Å²) >= 11 is 0. The molecule has 0 amide bonds. The Kier molecular flexibility index (Phi) is 1.87. The van der Waals surface area contributed by atoms with Gasteiger partial charge in [-0.3, -0.25) is 0 Å². The minimum atomic E-state index is 0.543. The smallest absolute Gasteiger partial charge is 0.0503 e. The van der Waals surface area contributed by atoms with Gasteiger partial charge in [0.25, 0.3) is 0 Å². The third-order valence-electron chi connectivity index (χ3n) is 6.62. The van der Waals surface area contributed by atoms with Crippen LogP contribution in [0, 0.1) is 47.3 Å². The van der Waals surface area contributed by atoms with E-state index in [1.807, 2.05) is 0 Å². The van der Waals surface area contributed by atoms with Gasteiger partial charge in [-0.1, -0.05) is 37.5 Å². The highest BCUT2D eigenvalue weighted by molar-refractivity contribution is 5.46. The first-order valence-corrected chi connectivity index (χ1v) is 7.59. The van der Waals surface area contributed by atoms with E-state index < -0.39 is 0 Å². The van der Waals surface area contributed by atoms with Gasteiger partial charge in [-0.05, 0) is 46.7 Å². The minimum Gasteiger partial charge on any atom is -0.381 e. The summed E-state index contributed by atoms with van der Waals surface area (Å²) in [7, 11) is 0. The lowest BCUT2D eigenvalue weighted by molar-refractivity contribution is -0.0140. The molecule has 0 spiro atoms. The molecule has 19 heavy (non-hydrogen) atoms. The van der Waals surface area contributed by atoms with E-state index >= 15 is 0 Å². The molecular weight excluding hydrogens is 232 g/mol. The molecule has 98 valence electrons. The van der Waals surface area contributed by atoms with Gasteiger partial charge >= 0.3 is 0 Å². The van der Waals surface area contributed by atoms with Gasteiger partial charge in [0.15, 0.2) is 0 Å². The largest absolute Gasteiger partial charge is 0.381 e. The normalized spacial score (nSPS) is 56.6. The van der Waals surface area contributed by atoms with Crippen LogP contribution in [0.3, 0.4) is 0 Å². The van der Waals surface area contributed by atoms with Crippen LogP contribution < -0.4 is 0 Å². The molecule has 7 aliphatic rings. The second-order valence-electron chi connectivity index (χ2n) is 7.05. The third kappa shape index (κ3) is 1.08. The summed E-state index contributed by atoms with van der Waals surface area (Å²) < 4.78 is 5.82. The van der Waals surface area contributed by atoms with E-state index in [9.17, 15) is 0 Å². The van der Waals surface area contributed by atoms with E-state index in [1.54, 1.807) is 0 Å². The highest BCUT2D eigenvalue weighted by Crippen LogP contribution is 2.64. The van der Waals surface area contributed by atoms with Crippen molar-refractivity contribution in [2.24, 2.45) is 47.3 Å². The molecular formula is C18H20O. The minimum absolute atomic E-state index is 0.543. The molecule has 1 heterocycles. The van der Waals surface area contributed by atoms with Gasteiger partial charge in [0, 0.05) is 11.8 Å². The van der Waals surface area contributed by atoms with Crippen molar-refractivity contribution < 1.29 is 4.74 Å². The fourth-order valence-electron chi connectivity index (χ4n) is 5.84. The highest BCUT2D eigenvalue weighted by Gasteiger charge is 2.60. The van der Waals surface area contributed by atoms with Gasteiger partial charge in [0.1, 0.15) is 0 Å². The van der Waals surface area contributed by atoms with E-state index in [4.69, 9.17) is 4.74 Å². The van der Waals surface area contributed by atoms with Gasteiger partial charge in [0.05, 0.1) is 13.2 Å². The molecule has 4 unspecified atom stereocenters. The van der Waals surface area contributed by atoms with Crippen LogP contribution in [0.5, 0.6) is 0 Å². The molecule has 1 nitrogen and oxygen atoms in total. The van der Waals surface area contributed by atoms with Crippen LogP contribution in [0.1, 0.15) is 0 Å². The van der Waals surface area contributed by atoms with E-state index in [0.717, 1.165) is 36.9 Å². The predicted octanol–water partition coefficient (Wildman–Crippen LogP) is 3.23. The van der Waals surface area contributed by atoms with Crippen molar-refractivity contribution in [1.29, 1.82) is 0 Å². The Bertz CT molecular complexity index is 494. The van der Waals surface area contributed by atoms with Gasteiger partial charge < -0.3 is 4.74 Å². The fraction of sp³-hybridized carbons (Fsp3) is 0.556. The average molecular weight is 252 g/mol. The molecule has 1 saturated heterocycles. The lowest BCUT2D eigenvalue weighted by Gasteiger charge is -2.60. The topological polar surface area (TPSA) is 9.23 Å². The molecule has 0 N–H and O–H groups in total. The van der Waals surface area contributed by atoms with Crippen molar-refractivity contribution in [3.05, 3.63) is 48.6 Å². The molecule has 4 bridgehead atoms. The van der Waals surface area contributed by atoms with E-state index in [1.165, 1.54) is 11.1 Å². The second-order valence-corrected chi connectivity index (χ2v) is 7.05. The number of hydrogen-bond acceptors (Lipinski definition) is 1. The molecule has 3 fully saturated rings. The standard InChI is InChI=1S/C18H20O/c1-9-10(2)12-4-3-11(9)17-13-5-6-14(18(12)17)16-8-19-7-15(13)16/h3-6,11-18H,1-2,7-8H2/t11-,12+,13+,14-,15?,16?,17?,18?. The van der Waals surface area contributed by atoms with Crippen molar-refractivity contribution in [3.63, 3.8) is 0 Å². The number of rotatable bonds is 0. The number of hydrogen-bond donors (Lipinski definition) is 0. The van der Waals surface area contributed by atoms with Crippen molar-refractivity contribution in [2.45, 2.75) is 0 Å².